The number of nitrogens with one attached hydrogen (secondary N) is 1. The molecule has 0 saturated heterocycles. The summed E-state index contributed by atoms with van der Waals surface area (Å²) in [6.45, 7) is 4.27. The summed E-state index contributed by atoms with van der Waals surface area (Å²) >= 11 is 0. The molecule has 1 atom stereocenters. The molecule has 4 rings (SSSR count). The minimum absolute atomic E-state index is 0.0705. The highest BCUT2D eigenvalue weighted by molar-refractivity contribution is 5.84. The third kappa shape index (κ3) is 4.33. The Morgan fingerprint density at radius 1 is 1.13 bits per heavy atom. The number of hydrogen-bond acceptors (Lipinski definition) is 3. The van der Waals surface area contributed by atoms with Crippen LogP contribution in [0, 0.1) is 17.6 Å². The summed E-state index contributed by atoms with van der Waals surface area (Å²) in [6.07, 6.45) is 5.73. The first kappa shape index (κ1) is 20.7. The second-order valence-corrected chi connectivity index (χ2v) is 7.75. The fraction of sp³-hybridized carbons (Fsp3) is 0.261. The van der Waals surface area contributed by atoms with Crippen LogP contribution in [0.15, 0.2) is 61.2 Å². The van der Waals surface area contributed by atoms with Crippen molar-refractivity contribution in [3.05, 3.63) is 78.4 Å². The molecule has 0 saturated carbocycles. The molecule has 2 aromatic carbocycles. The molecule has 0 bridgehead atoms. The predicted molar refractivity (Wildman–Crippen MR) is 114 cm³/mol. The summed E-state index contributed by atoms with van der Waals surface area (Å²) in [5.41, 5.74) is 2.76. The van der Waals surface area contributed by atoms with Gasteiger partial charge < -0.3 is 9.88 Å². The molecule has 0 aliphatic carbocycles. The van der Waals surface area contributed by atoms with E-state index in [4.69, 9.17) is 0 Å². The van der Waals surface area contributed by atoms with E-state index in [1.165, 1.54) is 6.33 Å². The second-order valence-electron chi connectivity index (χ2n) is 7.75. The summed E-state index contributed by atoms with van der Waals surface area (Å²) in [6, 6.07) is 11.4. The standard InChI is InChI=1S/C23H23F2N5O/c1-15(2)22(29-14-27-20-12-18(24)19(25)13-21(20)29)23(31)26-10-8-16-4-6-17(7-5-16)30-11-3-9-28-30/h3-7,9,11-15,22H,8,10H2,1-2H3,(H,26,31). The summed E-state index contributed by atoms with van der Waals surface area (Å²) in [5.74, 6) is -2.18. The molecule has 0 fully saturated rings. The van der Waals surface area contributed by atoms with Gasteiger partial charge in [-0.3, -0.25) is 4.79 Å². The smallest absolute Gasteiger partial charge is 0.243 e. The van der Waals surface area contributed by atoms with E-state index < -0.39 is 17.7 Å². The van der Waals surface area contributed by atoms with Gasteiger partial charge in [-0.1, -0.05) is 26.0 Å². The molecule has 6 nitrogen and oxygen atoms in total. The Morgan fingerprint density at radius 2 is 1.87 bits per heavy atom. The molecule has 1 N–H and O–H groups in total. The summed E-state index contributed by atoms with van der Waals surface area (Å²) in [4.78, 5) is 17.1. The quantitative estimate of drug-likeness (QED) is 0.488. The maximum Gasteiger partial charge on any atom is 0.243 e. The molecule has 0 radical (unpaired) electrons. The minimum atomic E-state index is -0.962. The van der Waals surface area contributed by atoms with Crippen molar-refractivity contribution in [2.75, 3.05) is 6.54 Å². The predicted octanol–water partition coefficient (Wildman–Crippen LogP) is 4.06. The van der Waals surface area contributed by atoms with E-state index in [0.29, 0.717) is 24.0 Å². The number of carbonyl (C=O) groups is 1. The molecule has 8 heteroatoms. The molecule has 4 aromatic rings. The number of aromatic nitrogens is 4. The first-order valence-corrected chi connectivity index (χ1v) is 10.1. The van der Waals surface area contributed by atoms with Gasteiger partial charge in [0.2, 0.25) is 5.91 Å². The van der Waals surface area contributed by atoms with Crippen LogP contribution in [0.5, 0.6) is 0 Å². The number of hydrogen-bond donors (Lipinski definition) is 1. The number of benzene rings is 2. The third-order valence-corrected chi connectivity index (χ3v) is 5.23. The number of imidazole rings is 1. The molecule has 0 aliphatic heterocycles. The van der Waals surface area contributed by atoms with Gasteiger partial charge in [-0.25, -0.2) is 18.4 Å². The van der Waals surface area contributed by atoms with Crippen molar-refractivity contribution in [1.29, 1.82) is 0 Å². The van der Waals surface area contributed by atoms with E-state index in [1.54, 1.807) is 15.4 Å². The van der Waals surface area contributed by atoms with Crippen molar-refractivity contribution in [2.45, 2.75) is 26.3 Å². The van der Waals surface area contributed by atoms with Gasteiger partial charge in [-0.15, -0.1) is 0 Å². The van der Waals surface area contributed by atoms with Crippen LogP contribution in [0.4, 0.5) is 8.78 Å². The topological polar surface area (TPSA) is 64.7 Å². The molecular weight excluding hydrogens is 400 g/mol. The fourth-order valence-electron chi connectivity index (χ4n) is 3.67. The van der Waals surface area contributed by atoms with Gasteiger partial charge in [0, 0.05) is 31.1 Å². The average molecular weight is 423 g/mol. The molecule has 0 spiro atoms. The highest BCUT2D eigenvalue weighted by Crippen LogP contribution is 2.25. The maximum absolute atomic E-state index is 13.8. The van der Waals surface area contributed by atoms with Crippen LogP contribution in [-0.2, 0) is 11.2 Å². The lowest BCUT2D eigenvalue weighted by Gasteiger charge is -2.22. The molecule has 1 amide bonds. The van der Waals surface area contributed by atoms with Crippen LogP contribution < -0.4 is 5.32 Å². The highest BCUT2D eigenvalue weighted by atomic mass is 19.2. The van der Waals surface area contributed by atoms with Gasteiger partial charge in [-0.2, -0.15) is 5.10 Å². The van der Waals surface area contributed by atoms with Crippen molar-refractivity contribution in [3.8, 4) is 5.69 Å². The Balaban J connectivity index is 1.43. The first-order valence-electron chi connectivity index (χ1n) is 10.1. The summed E-state index contributed by atoms with van der Waals surface area (Å²) < 4.78 is 30.6. The number of fused-ring (bicyclic) bond motifs is 1. The Hall–Kier alpha value is -3.55. The molecule has 2 aromatic heterocycles. The highest BCUT2D eigenvalue weighted by Gasteiger charge is 2.26. The third-order valence-electron chi connectivity index (χ3n) is 5.23. The van der Waals surface area contributed by atoms with E-state index in [2.05, 4.69) is 15.4 Å². The van der Waals surface area contributed by atoms with Gasteiger partial charge in [0.1, 0.15) is 6.04 Å². The monoisotopic (exact) mass is 423 g/mol. The van der Waals surface area contributed by atoms with E-state index in [9.17, 15) is 13.6 Å². The van der Waals surface area contributed by atoms with Crippen molar-refractivity contribution in [1.82, 2.24) is 24.6 Å². The average Bonchev–Trinajstić information content (AvgIpc) is 3.40. The van der Waals surface area contributed by atoms with Gasteiger partial charge in [0.05, 0.1) is 23.0 Å². The van der Waals surface area contributed by atoms with Crippen molar-refractivity contribution >= 4 is 16.9 Å². The van der Waals surface area contributed by atoms with Gasteiger partial charge in [0.25, 0.3) is 0 Å². The number of amides is 1. The molecule has 0 aliphatic rings. The Bertz CT molecular complexity index is 1180. The zero-order chi connectivity index (χ0) is 22.0. The molecule has 160 valence electrons. The van der Waals surface area contributed by atoms with Crippen LogP contribution in [-0.4, -0.2) is 31.8 Å². The lowest BCUT2D eigenvalue weighted by molar-refractivity contribution is -0.125. The summed E-state index contributed by atoms with van der Waals surface area (Å²) in [5, 5.41) is 7.16. The lowest BCUT2D eigenvalue weighted by atomic mass is 10.0. The first-order chi connectivity index (χ1) is 14.9. The minimum Gasteiger partial charge on any atom is -0.354 e. The largest absolute Gasteiger partial charge is 0.354 e. The van der Waals surface area contributed by atoms with Crippen LogP contribution in [0.3, 0.4) is 0 Å². The Labute approximate surface area is 178 Å². The molecular formula is C23H23F2N5O. The van der Waals surface area contributed by atoms with Crippen LogP contribution >= 0.6 is 0 Å². The van der Waals surface area contributed by atoms with E-state index >= 15 is 0 Å². The molecule has 31 heavy (non-hydrogen) atoms. The van der Waals surface area contributed by atoms with Crippen molar-refractivity contribution in [3.63, 3.8) is 0 Å². The molecule has 1 unspecified atom stereocenters. The zero-order valence-corrected chi connectivity index (χ0v) is 17.3. The SMILES string of the molecule is CC(C)C(C(=O)NCCc1ccc(-n2cccn2)cc1)n1cnc2cc(F)c(F)cc21. The van der Waals surface area contributed by atoms with Crippen LogP contribution in [0.2, 0.25) is 0 Å². The van der Waals surface area contributed by atoms with Gasteiger partial charge in [0.15, 0.2) is 11.6 Å². The normalized spacial score (nSPS) is 12.4. The van der Waals surface area contributed by atoms with E-state index in [0.717, 1.165) is 23.4 Å². The maximum atomic E-state index is 13.8. The van der Waals surface area contributed by atoms with E-state index in [-0.39, 0.29) is 11.8 Å². The number of rotatable bonds is 7. The number of halogens is 2. The van der Waals surface area contributed by atoms with E-state index in [1.807, 2.05) is 50.4 Å². The summed E-state index contributed by atoms with van der Waals surface area (Å²) in [7, 11) is 0. The second kappa shape index (κ2) is 8.67. The lowest BCUT2D eigenvalue weighted by Crippen LogP contribution is -2.36. The van der Waals surface area contributed by atoms with Gasteiger partial charge >= 0.3 is 0 Å². The Kier molecular flexibility index (Phi) is 5.79. The van der Waals surface area contributed by atoms with Crippen molar-refractivity contribution in [2.24, 2.45) is 5.92 Å². The van der Waals surface area contributed by atoms with Crippen LogP contribution in [0.1, 0.15) is 25.5 Å². The zero-order valence-electron chi connectivity index (χ0n) is 17.3. The number of nitrogens with zero attached hydrogens (tertiary/aromatic N) is 4. The Morgan fingerprint density at radius 3 is 2.55 bits per heavy atom. The van der Waals surface area contributed by atoms with Crippen LogP contribution in [0.25, 0.3) is 16.7 Å². The number of carbonyl (C=O) groups excluding carboxylic acids is 1. The molecule has 2 heterocycles. The van der Waals surface area contributed by atoms with Crippen molar-refractivity contribution < 1.29 is 13.6 Å². The fourth-order valence-corrected chi connectivity index (χ4v) is 3.67. The van der Waals surface area contributed by atoms with Gasteiger partial charge in [-0.05, 0) is 36.1 Å².